The Morgan fingerprint density at radius 2 is 2.39 bits per heavy atom. The summed E-state index contributed by atoms with van der Waals surface area (Å²) in [5.41, 5.74) is 0. The molecule has 0 spiro atoms. The van der Waals surface area contributed by atoms with E-state index in [0.717, 1.165) is 18.8 Å². The van der Waals surface area contributed by atoms with Crippen LogP contribution in [-0.4, -0.2) is 16.5 Å². The van der Waals surface area contributed by atoms with Crippen molar-refractivity contribution in [3.05, 3.63) is 40.6 Å². The Kier molecular flexibility index (Phi) is 3.45. The van der Waals surface area contributed by atoms with Crippen LogP contribution in [0, 0.1) is 0 Å². The Morgan fingerprint density at radius 1 is 1.44 bits per heavy atom. The van der Waals surface area contributed by atoms with E-state index in [4.69, 9.17) is 0 Å². The van der Waals surface area contributed by atoms with Gasteiger partial charge in [-0.25, -0.2) is 4.98 Å². The normalized spacial score (nSPS) is 13.2. The fraction of sp³-hybridized carbons (Fsp3) is 0.308. The van der Waals surface area contributed by atoms with Crippen LogP contribution in [0.5, 0.6) is 0 Å². The molecule has 0 radical (unpaired) electrons. The quantitative estimate of drug-likeness (QED) is 0.748. The van der Waals surface area contributed by atoms with Crippen molar-refractivity contribution >= 4 is 32.1 Å². The van der Waals surface area contributed by atoms with Crippen molar-refractivity contribution in [2.24, 2.45) is 0 Å². The standard InChI is InChI=1S/C13H15N3S2/c1-2-14-9(7-13-15-4-5-16-13)11-8-12-10(18-11)3-6-17-12/h3-6,8-9,14H,2,7H2,1H3,(H,15,16). The number of fused-ring (bicyclic) bond motifs is 1. The van der Waals surface area contributed by atoms with Gasteiger partial charge in [-0.15, -0.1) is 22.7 Å². The van der Waals surface area contributed by atoms with Gasteiger partial charge < -0.3 is 10.3 Å². The first kappa shape index (κ1) is 11.9. The number of aromatic nitrogens is 2. The van der Waals surface area contributed by atoms with Crippen LogP contribution in [0.15, 0.2) is 29.9 Å². The maximum atomic E-state index is 4.32. The summed E-state index contributed by atoms with van der Waals surface area (Å²) in [7, 11) is 0. The van der Waals surface area contributed by atoms with E-state index in [1.54, 1.807) is 0 Å². The number of likely N-dealkylation sites (N-methyl/N-ethyl adjacent to an activating group) is 1. The van der Waals surface area contributed by atoms with Gasteiger partial charge in [-0.1, -0.05) is 6.92 Å². The fourth-order valence-corrected chi connectivity index (χ4v) is 4.27. The molecule has 18 heavy (non-hydrogen) atoms. The van der Waals surface area contributed by atoms with E-state index in [9.17, 15) is 0 Å². The molecular weight excluding hydrogens is 262 g/mol. The molecule has 0 fully saturated rings. The summed E-state index contributed by atoms with van der Waals surface area (Å²) in [6.45, 7) is 3.11. The van der Waals surface area contributed by atoms with E-state index >= 15 is 0 Å². The molecule has 0 bridgehead atoms. The molecule has 3 heterocycles. The lowest BCUT2D eigenvalue weighted by Crippen LogP contribution is -2.22. The zero-order valence-electron chi connectivity index (χ0n) is 10.1. The lowest BCUT2D eigenvalue weighted by atomic mass is 10.1. The summed E-state index contributed by atoms with van der Waals surface area (Å²) in [5.74, 6) is 1.04. The van der Waals surface area contributed by atoms with Gasteiger partial charge in [-0.05, 0) is 24.1 Å². The second-order valence-corrected chi connectivity index (χ2v) is 6.21. The summed E-state index contributed by atoms with van der Waals surface area (Å²) in [6, 6.07) is 4.86. The van der Waals surface area contributed by atoms with Crippen molar-refractivity contribution in [2.75, 3.05) is 6.54 Å². The van der Waals surface area contributed by atoms with E-state index < -0.39 is 0 Å². The van der Waals surface area contributed by atoms with Gasteiger partial charge in [0.1, 0.15) is 5.82 Å². The lowest BCUT2D eigenvalue weighted by molar-refractivity contribution is 0.547. The highest BCUT2D eigenvalue weighted by molar-refractivity contribution is 7.26. The molecule has 3 nitrogen and oxygen atoms in total. The third kappa shape index (κ3) is 2.34. The van der Waals surface area contributed by atoms with Gasteiger partial charge in [-0.2, -0.15) is 0 Å². The number of nitrogens with zero attached hydrogens (tertiary/aromatic N) is 1. The van der Waals surface area contributed by atoms with E-state index in [1.165, 1.54) is 14.3 Å². The SMILES string of the molecule is CCNC(Cc1ncc[nH]1)c1cc2sccc2s1. The highest BCUT2D eigenvalue weighted by atomic mass is 32.1. The van der Waals surface area contributed by atoms with Crippen molar-refractivity contribution in [3.8, 4) is 0 Å². The average molecular weight is 277 g/mol. The predicted octanol–water partition coefficient (Wildman–Crippen LogP) is 3.58. The van der Waals surface area contributed by atoms with Gasteiger partial charge in [0.15, 0.2) is 0 Å². The van der Waals surface area contributed by atoms with Crippen LogP contribution in [0.1, 0.15) is 23.7 Å². The first-order chi connectivity index (χ1) is 8.86. The number of rotatable bonds is 5. The van der Waals surface area contributed by atoms with E-state index in [1.807, 2.05) is 35.1 Å². The van der Waals surface area contributed by atoms with Crippen LogP contribution in [-0.2, 0) is 6.42 Å². The number of hydrogen-bond acceptors (Lipinski definition) is 4. The molecule has 3 aromatic rings. The second kappa shape index (κ2) is 5.22. The lowest BCUT2D eigenvalue weighted by Gasteiger charge is -2.14. The maximum absolute atomic E-state index is 4.32. The fourth-order valence-electron chi connectivity index (χ4n) is 2.08. The zero-order valence-corrected chi connectivity index (χ0v) is 11.8. The Labute approximate surface area is 114 Å². The number of H-pyrrole nitrogens is 1. The van der Waals surface area contributed by atoms with Gasteiger partial charge >= 0.3 is 0 Å². The van der Waals surface area contributed by atoms with Gasteiger partial charge in [0.2, 0.25) is 0 Å². The van der Waals surface area contributed by atoms with Crippen molar-refractivity contribution in [2.45, 2.75) is 19.4 Å². The predicted molar refractivity (Wildman–Crippen MR) is 78.4 cm³/mol. The van der Waals surface area contributed by atoms with Gasteiger partial charge in [0, 0.05) is 39.1 Å². The first-order valence-electron chi connectivity index (χ1n) is 6.05. The maximum Gasteiger partial charge on any atom is 0.107 e. The highest BCUT2D eigenvalue weighted by Gasteiger charge is 2.15. The van der Waals surface area contributed by atoms with Crippen LogP contribution < -0.4 is 5.32 Å². The Balaban J connectivity index is 1.86. The van der Waals surface area contributed by atoms with E-state index in [-0.39, 0.29) is 0 Å². The summed E-state index contributed by atoms with van der Waals surface area (Å²) in [5, 5.41) is 5.70. The minimum Gasteiger partial charge on any atom is -0.349 e. The van der Waals surface area contributed by atoms with Crippen molar-refractivity contribution in [1.82, 2.24) is 15.3 Å². The van der Waals surface area contributed by atoms with Gasteiger partial charge in [0.25, 0.3) is 0 Å². The Morgan fingerprint density at radius 3 is 3.11 bits per heavy atom. The largest absolute Gasteiger partial charge is 0.349 e. The summed E-state index contributed by atoms with van der Waals surface area (Å²) in [6.07, 6.45) is 4.60. The molecule has 0 aromatic carbocycles. The first-order valence-corrected chi connectivity index (χ1v) is 7.75. The molecule has 0 saturated carbocycles. The van der Waals surface area contributed by atoms with Crippen LogP contribution in [0.25, 0.3) is 9.40 Å². The van der Waals surface area contributed by atoms with E-state index in [2.05, 4.69) is 39.7 Å². The number of hydrogen-bond donors (Lipinski definition) is 2. The third-order valence-electron chi connectivity index (χ3n) is 2.90. The Hall–Kier alpha value is -1.17. The molecule has 94 valence electrons. The average Bonchev–Trinajstić information content (AvgIpc) is 3.04. The monoisotopic (exact) mass is 277 g/mol. The van der Waals surface area contributed by atoms with Gasteiger partial charge in [-0.3, -0.25) is 0 Å². The molecule has 1 atom stereocenters. The number of thiophene rings is 2. The van der Waals surface area contributed by atoms with Crippen molar-refractivity contribution < 1.29 is 0 Å². The number of nitrogens with one attached hydrogen (secondary N) is 2. The topological polar surface area (TPSA) is 40.7 Å². The van der Waals surface area contributed by atoms with Crippen LogP contribution in [0.4, 0.5) is 0 Å². The van der Waals surface area contributed by atoms with Gasteiger partial charge in [0.05, 0.1) is 0 Å². The molecule has 2 N–H and O–H groups in total. The summed E-state index contributed by atoms with van der Waals surface area (Å²) in [4.78, 5) is 8.89. The number of aromatic amines is 1. The molecule has 0 amide bonds. The minimum atomic E-state index is 0.353. The molecule has 1 unspecified atom stereocenters. The molecule has 0 aliphatic carbocycles. The molecule has 0 aliphatic heterocycles. The zero-order chi connectivity index (χ0) is 12.4. The molecule has 3 rings (SSSR count). The third-order valence-corrected chi connectivity index (χ3v) is 5.11. The Bertz CT molecular complexity index is 581. The molecule has 3 aromatic heterocycles. The van der Waals surface area contributed by atoms with Crippen molar-refractivity contribution in [1.29, 1.82) is 0 Å². The van der Waals surface area contributed by atoms with E-state index in [0.29, 0.717) is 6.04 Å². The summed E-state index contributed by atoms with van der Waals surface area (Å²) >= 11 is 3.69. The highest BCUT2D eigenvalue weighted by Crippen LogP contribution is 2.34. The number of imidazole rings is 1. The smallest absolute Gasteiger partial charge is 0.107 e. The molecule has 0 aliphatic rings. The van der Waals surface area contributed by atoms with Crippen LogP contribution in [0.3, 0.4) is 0 Å². The van der Waals surface area contributed by atoms with Crippen LogP contribution >= 0.6 is 22.7 Å². The molecule has 5 heteroatoms. The minimum absolute atomic E-state index is 0.353. The summed E-state index contributed by atoms with van der Waals surface area (Å²) < 4.78 is 2.77. The van der Waals surface area contributed by atoms with Crippen LogP contribution in [0.2, 0.25) is 0 Å². The van der Waals surface area contributed by atoms with Crippen molar-refractivity contribution in [3.63, 3.8) is 0 Å². The molecular formula is C13H15N3S2. The molecule has 0 saturated heterocycles. The second-order valence-electron chi connectivity index (χ2n) is 4.15.